The quantitative estimate of drug-likeness (QED) is 0.619. The van der Waals surface area contributed by atoms with Gasteiger partial charge in [-0.2, -0.15) is 0 Å². The molecule has 0 unspecified atom stereocenters. The van der Waals surface area contributed by atoms with E-state index in [9.17, 15) is 0 Å². The highest BCUT2D eigenvalue weighted by atomic mass is 16.5. The summed E-state index contributed by atoms with van der Waals surface area (Å²) in [7, 11) is 5.60. The first-order chi connectivity index (χ1) is 6.34. The van der Waals surface area contributed by atoms with Crippen LogP contribution < -0.4 is 5.46 Å². The zero-order chi connectivity index (χ0) is 9.10. The van der Waals surface area contributed by atoms with Crippen molar-refractivity contribution in [3.05, 3.63) is 29.8 Å². The normalized spacial score (nSPS) is 16.9. The Morgan fingerprint density at radius 1 is 1.23 bits per heavy atom. The number of rotatable bonds is 3. The van der Waals surface area contributed by atoms with Crippen molar-refractivity contribution in [1.29, 1.82) is 0 Å². The SMILES string of the molecule is [B]c1ccc(CCC2COC2)cc1. The Hall–Kier alpha value is -0.755. The van der Waals surface area contributed by atoms with Crippen molar-refractivity contribution >= 4 is 13.3 Å². The molecule has 1 aliphatic rings. The molecule has 1 saturated heterocycles. The molecule has 0 amide bonds. The van der Waals surface area contributed by atoms with Gasteiger partial charge in [0.15, 0.2) is 0 Å². The minimum Gasteiger partial charge on any atom is -0.381 e. The average molecular weight is 172 g/mol. The van der Waals surface area contributed by atoms with Gasteiger partial charge in [0, 0.05) is 5.92 Å². The van der Waals surface area contributed by atoms with Crippen LogP contribution in [0.5, 0.6) is 0 Å². The molecule has 1 aromatic carbocycles. The van der Waals surface area contributed by atoms with Crippen LogP contribution in [0.1, 0.15) is 12.0 Å². The number of hydrogen-bond donors (Lipinski definition) is 0. The van der Waals surface area contributed by atoms with Crippen LogP contribution in [0.3, 0.4) is 0 Å². The third kappa shape index (κ3) is 2.34. The highest BCUT2D eigenvalue weighted by Gasteiger charge is 2.17. The number of benzene rings is 1. The Labute approximate surface area is 80.5 Å². The molecule has 0 aliphatic carbocycles. The van der Waals surface area contributed by atoms with Crippen molar-refractivity contribution in [3.8, 4) is 0 Å². The Kier molecular flexibility index (Phi) is 2.69. The molecule has 1 nitrogen and oxygen atoms in total. The molecule has 0 atom stereocenters. The molecule has 1 aromatic rings. The van der Waals surface area contributed by atoms with E-state index in [0.717, 1.165) is 31.0 Å². The number of aryl methyl sites for hydroxylation is 1. The van der Waals surface area contributed by atoms with E-state index in [1.165, 1.54) is 12.0 Å². The summed E-state index contributed by atoms with van der Waals surface area (Å²) in [6, 6.07) is 8.14. The third-order valence-corrected chi connectivity index (χ3v) is 2.53. The van der Waals surface area contributed by atoms with Gasteiger partial charge in [0.2, 0.25) is 0 Å². The molecule has 0 bridgehead atoms. The summed E-state index contributed by atoms with van der Waals surface area (Å²) < 4.78 is 5.12. The Morgan fingerprint density at radius 2 is 1.92 bits per heavy atom. The summed E-state index contributed by atoms with van der Waals surface area (Å²) >= 11 is 0. The van der Waals surface area contributed by atoms with Crippen LogP contribution in [-0.2, 0) is 11.2 Å². The molecule has 66 valence electrons. The van der Waals surface area contributed by atoms with E-state index in [-0.39, 0.29) is 0 Å². The van der Waals surface area contributed by atoms with Gasteiger partial charge in [0.25, 0.3) is 0 Å². The molecular formula is C11H13BO. The predicted molar refractivity (Wildman–Crippen MR) is 54.5 cm³/mol. The molecule has 0 aromatic heterocycles. The van der Waals surface area contributed by atoms with Crippen LogP contribution >= 0.6 is 0 Å². The van der Waals surface area contributed by atoms with Gasteiger partial charge < -0.3 is 4.74 Å². The Morgan fingerprint density at radius 3 is 2.46 bits per heavy atom. The highest BCUT2D eigenvalue weighted by molar-refractivity contribution is 6.32. The maximum absolute atomic E-state index is 5.60. The lowest BCUT2D eigenvalue weighted by molar-refractivity contribution is -0.0352. The molecule has 0 saturated carbocycles. The van der Waals surface area contributed by atoms with Crippen molar-refractivity contribution < 1.29 is 4.74 Å². The predicted octanol–water partition coefficient (Wildman–Crippen LogP) is 1.06. The van der Waals surface area contributed by atoms with Crippen molar-refractivity contribution in [2.24, 2.45) is 5.92 Å². The lowest BCUT2D eigenvalue weighted by atomic mass is 9.93. The second-order valence-corrected chi connectivity index (χ2v) is 3.68. The van der Waals surface area contributed by atoms with Gasteiger partial charge in [0.1, 0.15) is 7.85 Å². The van der Waals surface area contributed by atoms with Crippen LogP contribution in [0.15, 0.2) is 24.3 Å². The van der Waals surface area contributed by atoms with Crippen LogP contribution in [-0.4, -0.2) is 21.1 Å². The van der Waals surface area contributed by atoms with Gasteiger partial charge in [-0.05, 0) is 18.4 Å². The van der Waals surface area contributed by atoms with E-state index >= 15 is 0 Å². The van der Waals surface area contributed by atoms with Crippen LogP contribution in [0.25, 0.3) is 0 Å². The van der Waals surface area contributed by atoms with Gasteiger partial charge in [-0.25, -0.2) is 0 Å². The lowest BCUT2D eigenvalue weighted by Crippen LogP contribution is -2.27. The molecule has 1 aliphatic heterocycles. The smallest absolute Gasteiger partial charge is 0.113 e. The van der Waals surface area contributed by atoms with Crippen LogP contribution in [0.4, 0.5) is 0 Å². The summed E-state index contributed by atoms with van der Waals surface area (Å²) in [5.41, 5.74) is 2.22. The maximum Gasteiger partial charge on any atom is 0.113 e. The van der Waals surface area contributed by atoms with E-state index in [1.54, 1.807) is 0 Å². The van der Waals surface area contributed by atoms with E-state index < -0.39 is 0 Å². The monoisotopic (exact) mass is 172 g/mol. The molecule has 0 N–H and O–H groups in total. The highest BCUT2D eigenvalue weighted by Crippen LogP contribution is 2.16. The molecule has 2 heteroatoms. The van der Waals surface area contributed by atoms with Crippen molar-refractivity contribution in [1.82, 2.24) is 0 Å². The first-order valence-electron chi connectivity index (χ1n) is 4.77. The van der Waals surface area contributed by atoms with E-state index in [4.69, 9.17) is 12.6 Å². The van der Waals surface area contributed by atoms with Gasteiger partial charge in [0.05, 0.1) is 13.2 Å². The van der Waals surface area contributed by atoms with Crippen LogP contribution in [0, 0.1) is 5.92 Å². The molecular weight excluding hydrogens is 159 g/mol. The Balaban J connectivity index is 1.83. The summed E-state index contributed by atoms with van der Waals surface area (Å²) in [6.07, 6.45) is 2.39. The van der Waals surface area contributed by atoms with Crippen molar-refractivity contribution in [3.63, 3.8) is 0 Å². The minimum atomic E-state index is 0.789. The average Bonchev–Trinajstić information content (AvgIpc) is 2.05. The maximum atomic E-state index is 5.60. The molecule has 0 spiro atoms. The molecule has 1 fully saturated rings. The fraction of sp³-hybridized carbons (Fsp3) is 0.455. The van der Waals surface area contributed by atoms with Crippen molar-refractivity contribution in [2.45, 2.75) is 12.8 Å². The fourth-order valence-corrected chi connectivity index (χ4v) is 1.51. The number of hydrogen-bond acceptors (Lipinski definition) is 1. The second-order valence-electron chi connectivity index (χ2n) is 3.68. The summed E-state index contributed by atoms with van der Waals surface area (Å²) in [5, 5.41) is 0. The summed E-state index contributed by atoms with van der Waals surface area (Å²) in [6.45, 7) is 1.91. The number of ether oxygens (including phenoxy) is 1. The minimum absolute atomic E-state index is 0.789. The standard InChI is InChI=1S/C11H13BO/c12-11-5-3-9(4-6-11)1-2-10-7-13-8-10/h3-6,10H,1-2,7-8H2. The fourth-order valence-electron chi connectivity index (χ4n) is 1.51. The van der Waals surface area contributed by atoms with Gasteiger partial charge in [-0.1, -0.05) is 29.7 Å². The topological polar surface area (TPSA) is 9.23 Å². The van der Waals surface area contributed by atoms with E-state index in [1.807, 2.05) is 12.1 Å². The van der Waals surface area contributed by atoms with Gasteiger partial charge >= 0.3 is 0 Å². The zero-order valence-electron chi connectivity index (χ0n) is 7.70. The second kappa shape index (κ2) is 3.97. The largest absolute Gasteiger partial charge is 0.381 e. The van der Waals surface area contributed by atoms with E-state index in [2.05, 4.69) is 12.1 Å². The van der Waals surface area contributed by atoms with Crippen molar-refractivity contribution in [2.75, 3.05) is 13.2 Å². The molecule has 2 rings (SSSR count). The third-order valence-electron chi connectivity index (χ3n) is 2.53. The first-order valence-corrected chi connectivity index (χ1v) is 4.77. The summed E-state index contributed by atoms with van der Waals surface area (Å²) in [4.78, 5) is 0. The van der Waals surface area contributed by atoms with Crippen LogP contribution in [0.2, 0.25) is 0 Å². The van der Waals surface area contributed by atoms with Gasteiger partial charge in [-0.3, -0.25) is 0 Å². The lowest BCUT2D eigenvalue weighted by Gasteiger charge is -2.25. The van der Waals surface area contributed by atoms with E-state index in [0.29, 0.717) is 0 Å². The Bertz CT molecular complexity index is 264. The van der Waals surface area contributed by atoms with Gasteiger partial charge in [-0.15, -0.1) is 0 Å². The molecule has 13 heavy (non-hydrogen) atoms. The zero-order valence-corrected chi connectivity index (χ0v) is 7.70. The first kappa shape index (κ1) is 8.83. The molecule has 1 heterocycles. The molecule has 2 radical (unpaired) electrons. The summed E-state index contributed by atoms with van der Waals surface area (Å²) in [5.74, 6) is 0.789.